The molecule has 0 unspecified atom stereocenters. The van der Waals surface area contributed by atoms with Crippen molar-refractivity contribution in [3.05, 3.63) is 29.7 Å². The first kappa shape index (κ1) is 19.7. The molecule has 1 saturated heterocycles. The largest absolute Gasteiger partial charge is 0.439 e. The molecule has 1 aliphatic heterocycles. The Balaban J connectivity index is 1.58. The van der Waals surface area contributed by atoms with Crippen LogP contribution in [0, 0.1) is 0 Å². The molecule has 6 heteroatoms. The Morgan fingerprint density at radius 1 is 1.26 bits per heavy atom. The van der Waals surface area contributed by atoms with Crippen LogP contribution in [0.2, 0.25) is 0 Å². The third-order valence-corrected chi connectivity index (χ3v) is 5.30. The van der Waals surface area contributed by atoms with Crippen LogP contribution in [-0.4, -0.2) is 53.0 Å². The molecule has 1 fully saturated rings. The molecule has 148 valence electrons. The van der Waals surface area contributed by atoms with Gasteiger partial charge in [0.25, 0.3) is 0 Å². The van der Waals surface area contributed by atoms with Crippen LogP contribution in [-0.2, 0) is 12.0 Å². The first-order valence-electron chi connectivity index (χ1n) is 9.94. The van der Waals surface area contributed by atoms with Crippen LogP contribution < -0.4 is 5.32 Å². The van der Waals surface area contributed by atoms with Gasteiger partial charge in [0.2, 0.25) is 5.89 Å². The maximum atomic E-state index is 12.2. The zero-order valence-electron chi connectivity index (χ0n) is 17.2. The Hall–Kier alpha value is -2.08. The minimum atomic E-state index is 0.0422. The normalized spacial score (nSPS) is 17.3. The SMILES string of the molecule is CC[C@@H](C)NC(=O)N1CCN(Cc2nc3cc(C(C)(C)C)ccc3o2)CC1. The highest BCUT2D eigenvalue weighted by Gasteiger charge is 2.23. The standard InChI is InChI=1S/C21H32N4O2/c1-6-15(2)22-20(26)25-11-9-24(10-12-25)14-19-23-17-13-16(21(3,4)5)7-8-18(17)27-19/h7-8,13,15H,6,9-12,14H2,1-5H3,(H,22,26)/t15-/m1/s1. The number of urea groups is 1. The van der Waals surface area contributed by atoms with E-state index in [0.717, 1.165) is 49.6 Å². The quantitative estimate of drug-likeness (QED) is 0.888. The fraction of sp³-hybridized carbons (Fsp3) is 0.619. The third kappa shape index (κ3) is 4.80. The molecular weight excluding hydrogens is 340 g/mol. The lowest BCUT2D eigenvalue weighted by atomic mass is 9.87. The molecule has 2 amide bonds. The van der Waals surface area contributed by atoms with Crippen LogP contribution in [0.3, 0.4) is 0 Å². The molecule has 3 rings (SSSR count). The van der Waals surface area contributed by atoms with Gasteiger partial charge in [-0.15, -0.1) is 0 Å². The molecule has 1 aromatic heterocycles. The number of nitrogens with zero attached hydrogens (tertiary/aromatic N) is 3. The number of nitrogens with one attached hydrogen (secondary N) is 1. The Kier molecular flexibility index (Phi) is 5.75. The minimum Gasteiger partial charge on any atom is -0.439 e. The summed E-state index contributed by atoms with van der Waals surface area (Å²) in [6.07, 6.45) is 0.945. The molecule has 0 spiro atoms. The van der Waals surface area contributed by atoms with E-state index in [1.807, 2.05) is 17.9 Å². The molecule has 1 N–H and O–H groups in total. The molecule has 0 saturated carbocycles. The summed E-state index contributed by atoms with van der Waals surface area (Å²) in [4.78, 5) is 21.1. The van der Waals surface area contributed by atoms with Gasteiger partial charge in [0, 0.05) is 32.2 Å². The van der Waals surface area contributed by atoms with E-state index in [1.54, 1.807) is 0 Å². The topological polar surface area (TPSA) is 61.6 Å². The van der Waals surface area contributed by atoms with Gasteiger partial charge in [-0.1, -0.05) is 33.8 Å². The van der Waals surface area contributed by atoms with Gasteiger partial charge in [-0.2, -0.15) is 0 Å². The van der Waals surface area contributed by atoms with Gasteiger partial charge in [0.1, 0.15) is 5.52 Å². The Morgan fingerprint density at radius 3 is 2.59 bits per heavy atom. The molecule has 1 aliphatic rings. The number of rotatable bonds is 4. The Labute approximate surface area is 161 Å². The van der Waals surface area contributed by atoms with Gasteiger partial charge >= 0.3 is 6.03 Å². The Bertz CT molecular complexity index is 785. The molecule has 6 nitrogen and oxygen atoms in total. The maximum absolute atomic E-state index is 12.2. The average molecular weight is 373 g/mol. The summed E-state index contributed by atoms with van der Waals surface area (Å²) < 4.78 is 5.93. The average Bonchev–Trinajstić information content (AvgIpc) is 3.02. The van der Waals surface area contributed by atoms with E-state index in [4.69, 9.17) is 4.42 Å². The van der Waals surface area contributed by atoms with Gasteiger partial charge in [0.05, 0.1) is 6.54 Å². The molecule has 2 heterocycles. The highest BCUT2D eigenvalue weighted by molar-refractivity contribution is 5.75. The fourth-order valence-corrected chi connectivity index (χ4v) is 3.21. The molecule has 1 atom stereocenters. The van der Waals surface area contributed by atoms with Crippen LogP contribution in [0.15, 0.2) is 22.6 Å². The summed E-state index contributed by atoms with van der Waals surface area (Å²) in [5.41, 5.74) is 3.11. The Morgan fingerprint density at radius 2 is 1.96 bits per heavy atom. The minimum absolute atomic E-state index is 0.0422. The van der Waals surface area contributed by atoms with Crippen LogP contribution in [0.1, 0.15) is 52.5 Å². The van der Waals surface area contributed by atoms with Crippen molar-refractivity contribution in [1.82, 2.24) is 20.1 Å². The molecule has 0 aliphatic carbocycles. The molecule has 0 radical (unpaired) electrons. The highest BCUT2D eigenvalue weighted by atomic mass is 16.3. The van der Waals surface area contributed by atoms with Crippen molar-refractivity contribution in [3.63, 3.8) is 0 Å². The van der Waals surface area contributed by atoms with Gasteiger partial charge < -0.3 is 14.6 Å². The summed E-state index contributed by atoms with van der Waals surface area (Å²) >= 11 is 0. The number of fused-ring (bicyclic) bond motifs is 1. The smallest absolute Gasteiger partial charge is 0.317 e. The van der Waals surface area contributed by atoms with Crippen LogP contribution >= 0.6 is 0 Å². The van der Waals surface area contributed by atoms with Crippen molar-refractivity contribution in [2.45, 2.75) is 59.0 Å². The van der Waals surface area contributed by atoms with E-state index >= 15 is 0 Å². The van der Waals surface area contributed by atoms with E-state index in [0.29, 0.717) is 6.54 Å². The van der Waals surface area contributed by atoms with Gasteiger partial charge in [-0.05, 0) is 36.5 Å². The predicted molar refractivity (Wildman–Crippen MR) is 108 cm³/mol. The van der Waals surface area contributed by atoms with E-state index < -0.39 is 0 Å². The number of carbonyl (C=O) groups excluding carboxylic acids is 1. The summed E-state index contributed by atoms with van der Waals surface area (Å²) in [5, 5.41) is 3.04. The number of oxazole rings is 1. The molecule has 27 heavy (non-hydrogen) atoms. The molecule has 1 aromatic carbocycles. The number of benzene rings is 1. The summed E-state index contributed by atoms with van der Waals surface area (Å²) in [6.45, 7) is 14.5. The van der Waals surface area contributed by atoms with E-state index in [9.17, 15) is 4.79 Å². The number of amides is 2. The summed E-state index contributed by atoms with van der Waals surface area (Å²) in [6, 6.07) is 6.52. The monoisotopic (exact) mass is 372 g/mol. The van der Waals surface area contributed by atoms with E-state index in [2.05, 4.69) is 55.0 Å². The number of carbonyl (C=O) groups is 1. The van der Waals surface area contributed by atoms with Crippen molar-refractivity contribution >= 4 is 17.1 Å². The van der Waals surface area contributed by atoms with Crippen molar-refractivity contribution < 1.29 is 9.21 Å². The van der Waals surface area contributed by atoms with Crippen molar-refractivity contribution in [3.8, 4) is 0 Å². The molecular formula is C21H32N4O2. The van der Waals surface area contributed by atoms with Gasteiger partial charge in [-0.25, -0.2) is 9.78 Å². The van der Waals surface area contributed by atoms with Crippen molar-refractivity contribution in [2.24, 2.45) is 0 Å². The fourth-order valence-electron chi connectivity index (χ4n) is 3.21. The number of hydrogen-bond acceptors (Lipinski definition) is 4. The molecule has 2 aromatic rings. The van der Waals surface area contributed by atoms with Crippen molar-refractivity contribution in [2.75, 3.05) is 26.2 Å². The second kappa shape index (κ2) is 7.89. The summed E-state index contributed by atoms with van der Waals surface area (Å²) in [7, 11) is 0. The van der Waals surface area contributed by atoms with E-state index in [1.165, 1.54) is 5.56 Å². The van der Waals surface area contributed by atoms with E-state index in [-0.39, 0.29) is 17.5 Å². The lowest BCUT2D eigenvalue weighted by Crippen LogP contribution is -2.52. The number of aromatic nitrogens is 1. The van der Waals surface area contributed by atoms with Crippen LogP contribution in [0.5, 0.6) is 0 Å². The first-order valence-corrected chi connectivity index (χ1v) is 9.94. The second-order valence-electron chi connectivity index (χ2n) is 8.56. The van der Waals surface area contributed by atoms with Crippen LogP contribution in [0.4, 0.5) is 4.79 Å². The van der Waals surface area contributed by atoms with Gasteiger partial charge in [-0.3, -0.25) is 4.90 Å². The highest BCUT2D eigenvalue weighted by Crippen LogP contribution is 2.26. The molecule has 0 bridgehead atoms. The first-order chi connectivity index (χ1) is 12.8. The second-order valence-corrected chi connectivity index (χ2v) is 8.56. The predicted octanol–water partition coefficient (Wildman–Crippen LogP) is 3.75. The third-order valence-electron chi connectivity index (χ3n) is 5.30. The summed E-state index contributed by atoms with van der Waals surface area (Å²) in [5.74, 6) is 0.744. The van der Waals surface area contributed by atoms with Crippen LogP contribution in [0.25, 0.3) is 11.1 Å². The van der Waals surface area contributed by atoms with Gasteiger partial charge in [0.15, 0.2) is 5.58 Å². The zero-order valence-corrected chi connectivity index (χ0v) is 17.2. The zero-order chi connectivity index (χ0) is 19.6. The lowest BCUT2D eigenvalue weighted by Gasteiger charge is -2.34. The number of piperazine rings is 1. The maximum Gasteiger partial charge on any atom is 0.317 e. The lowest BCUT2D eigenvalue weighted by molar-refractivity contribution is 0.128. The number of hydrogen-bond donors (Lipinski definition) is 1. The van der Waals surface area contributed by atoms with Crippen molar-refractivity contribution in [1.29, 1.82) is 0 Å².